The van der Waals surface area contributed by atoms with Gasteiger partial charge in [0.15, 0.2) is 0 Å². The Balaban J connectivity index is 2.34. The summed E-state index contributed by atoms with van der Waals surface area (Å²) >= 11 is 7.82. The van der Waals surface area contributed by atoms with Crippen LogP contribution in [0.2, 0.25) is 0 Å². The van der Waals surface area contributed by atoms with Crippen LogP contribution in [-0.2, 0) is 0 Å². The Kier molecular flexibility index (Phi) is 3.89. The molecule has 0 amide bonds. The molecule has 0 radical (unpaired) electrons. The third-order valence-corrected chi connectivity index (χ3v) is 3.38. The molecular weight excluding hydrogens is 166 g/mol. The highest BCUT2D eigenvalue weighted by Gasteiger charge is 2.19. The van der Waals surface area contributed by atoms with Gasteiger partial charge in [0, 0.05) is 30.0 Å². The lowest BCUT2D eigenvalue weighted by Crippen LogP contribution is -2.43. The van der Waals surface area contributed by atoms with E-state index in [2.05, 4.69) is 11.8 Å². The van der Waals surface area contributed by atoms with Crippen molar-refractivity contribution >= 4 is 23.4 Å². The van der Waals surface area contributed by atoms with Gasteiger partial charge in [0.1, 0.15) is 0 Å². The van der Waals surface area contributed by atoms with Gasteiger partial charge in [-0.15, -0.1) is 11.6 Å². The van der Waals surface area contributed by atoms with Crippen molar-refractivity contribution in [2.45, 2.75) is 13.0 Å². The van der Waals surface area contributed by atoms with Crippen LogP contribution in [0.4, 0.5) is 0 Å². The van der Waals surface area contributed by atoms with E-state index in [4.69, 9.17) is 11.6 Å². The molecule has 1 saturated heterocycles. The zero-order chi connectivity index (χ0) is 7.40. The van der Waals surface area contributed by atoms with Crippen LogP contribution in [0, 0.1) is 0 Å². The smallest absolute Gasteiger partial charge is 0.0387 e. The van der Waals surface area contributed by atoms with Crippen molar-refractivity contribution in [2.24, 2.45) is 0 Å². The average Bonchev–Trinajstić information content (AvgIpc) is 2.04. The van der Waals surface area contributed by atoms with Crippen LogP contribution in [0.25, 0.3) is 0 Å². The Labute approximate surface area is 72.1 Å². The summed E-state index contributed by atoms with van der Waals surface area (Å²) in [7, 11) is 0. The summed E-state index contributed by atoms with van der Waals surface area (Å²) in [5.74, 6) is 3.29. The molecule has 10 heavy (non-hydrogen) atoms. The molecule has 1 heterocycles. The maximum Gasteiger partial charge on any atom is 0.0387 e. The van der Waals surface area contributed by atoms with E-state index in [0.29, 0.717) is 6.04 Å². The van der Waals surface area contributed by atoms with Gasteiger partial charge in [-0.05, 0) is 6.54 Å². The van der Waals surface area contributed by atoms with Crippen molar-refractivity contribution in [1.29, 1.82) is 0 Å². The Hall–Kier alpha value is 0.600. The Bertz CT molecular complexity index is 87.6. The van der Waals surface area contributed by atoms with Gasteiger partial charge in [0.25, 0.3) is 0 Å². The predicted octanol–water partition coefficient (Wildman–Crippen LogP) is 1.66. The zero-order valence-electron chi connectivity index (χ0n) is 6.35. The number of nitrogens with zero attached hydrogens (tertiary/aromatic N) is 1. The monoisotopic (exact) mass is 179 g/mol. The fourth-order valence-corrected chi connectivity index (χ4v) is 2.81. The standard InChI is InChI=1S/C7H14ClNS/c1-2-9-3-4-10-6-7(9)5-8/h7H,2-6H2,1H3. The molecule has 1 unspecified atom stereocenters. The highest BCUT2D eigenvalue weighted by Crippen LogP contribution is 2.16. The quantitative estimate of drug-likeness (QED) is 0.594. The molecule has 0 aromatic rings. The van der Waals surface area contributed by atoms with Crippen LogP contribution in [0.3, 0.4) is 0 Å². The van der Waals surface area contributed by atoms with Gasteiger partial charge in [0.2, 0.25) is 0 Å². The van der Waals surface area contributed by atoms with Crippen LogP contribution >= 0.6 is 23.4 Å². The maximum absolute atomic E-state index is 5.80. The highest BCUT2D eigenvalue weighted by atomic mass is 35.5. The number of hydrogen-bond donors (Lipinski definition) is 0. The van der Waals surface area contributed by atoms with Crippen molar-refractivity contribution in [3.63, 3.8) is 0 Å². The van der Waals surface area contributed by atoms with Gasteiger partial charge in [-0.1, -0.05) is 6.92 Å². The fourth-order valence-electron chi connectivity index (χ4n) is 1.25. The molecule has 0 aromatic carbocycles. The van der Waals surface area contributed by atoms with Gasteiger partial charge < -0.3 is 0 Å². The highest BCUT2D eigenvalue weighted by molar-refractivity contribution is 7.99. The van der Waals surface area contributed by atoms with E-state index >= 15 is 0 Å². The summed E-state index contributed by atoms with van der Waals surface area (Å²) in [5, 5.41) is 0. The first-order valence-electron chi connectivity index (χ1n) is 3.76. The summed E-state index contributed by atoms with van der Waals surface area (Å²) in [6.07, 6.45) is 0. The van der Waals surface area contributed by atoms with Gasteiger partial charge in [-0.2, -0.15) is 11.8 Å². The zero-order valence-corrected chi connectivity index (χ0v) is 7.92. The minimum Gasteiger partial charge on any atom is -0.298 e. The molecule has 0 bridgehead atoms. The number of rotatable bonds is 2. The average molecular weight is 180 g/mol. The summed E-state index contributed by atoms with van der Waals surface area (Å²) in [6.45, 7) is 4.58. The Morgan fingerprint density at radius 2 is 2.50 bits per heavy atom. The molecule has 1 aliphatic heterocycles. The normalized spacial score (nSPS) is 28.8. The number of hydrogen-bond acceptors (Lipinski definition) is 2. The third kappa shape index (κ3) is 2.04. The lowest BCUT2D eigenvalue weighted by molar-refractivity contribution is 0.248. The molecule has 1 rings (SSSR count). The molecule has 0 aliphatic carbocycles. The lowest BCUT2D eigenvalue weighted by atomic mass is 10.3. The van der Waals surface area contributed by atoms with Gasteiger partial charge in [-0.25, -0.2) is 0 Å². The number of halogens is 1. The van der Waals surface area contributed by atoms with E-state index in [0.717, 1.165) is 12.4 Å². The van der Waals surface area contributed by atoms with Gasteiger partial charge in [-0.3, -0.25) is 4.90 Å². The van der Waals surface area contributed by atoms with E-state index in [1.807, 2.05) is 11.8 Å². The van der Waals surface area contributed by atoms with E-state index < -0.39 is 0 Å². The number of thioether (sulfide) groups is 1. The van der Waals surface area contributed by atoms with Crippen molar-refractivity contribution in [2.75, 3.05) is 30.5 Å². The molecule has 0 aromatic heterocycles. The molecule has 1 atom stereocenters. The molecule has 60 valence electrons. The predicted molar refractivity (Wildman–Crippen MR) is 49.1 cm³/mol. The topological polar surface area (TPSA) is 3.24 Å². The fraction of sp³-hybridized carbons (Fsp3) is 1.00. The maximum atomic E-state index is 5.80. The SMILES string of the molecule is CCN1CCSCC1CCl. The summed E-state index contributed by atoms with van der Waals surface area (Å²) in [4.78, 5) is 2.46. The van der Waals surface area contributed by atoms with Crippen molar-refractivity contribution in [3.8, 4) is 0 Å². The van der Waals surface area contributed by atoms with Crippen molar-refractivity contribution in [1.82, 2.24) is 4.90 Å². The molecule has 3 heteroatoms. The van der Waals surface area contributed by atoms with Crippen molar-refractivity contribution < 1.29 is 0 Å². The van der Waals surface area contributed by atoms with Crippen LogP contribution in [0.5, 0.6) is 0 Å². The molecule has 1 nitrogen and oxygen atoms in total. The van der Waals surface area contributed by atoms with Crippen molar-refractivity contribution in [3.05, 3.63) is 0 Å². The first kappa shape index (κ1) is 8.69. The number of alkyl halides is 1. The van der Waals surface area contributed by atoms with Crippen LogP contribution < -0.4 is 0 Å². The molecule has 0 saturated carbocycles. The molecule has 0 spiro atoms. The van der Waals surface area contributed by atoms with Crippen LogP contribution in [0.1, 0.15) is 6.92 Å². The van der Waals surface area contributed by atoms with E-state index in [-0.39, 0.29) is 0 Å². The van der Waals surface area contributed by atoms with E-state index in [1.165, 1.54) is 18.1 Å². The first-order valence-corrected chi connectivity index (χ1v) is 5.45. The summed E-state index contributed by atoms with van der Waals surface area (Å²) in [6, 6.07) is 0.630. The Morgan fingerprint density at radius 1 is 1.70 bits per heavy atom. The van der Waals surface area contributed by atoms with E-state index in [9.17, 15) is 0 Å². The van der Waals surface area contributed by atoms with Gasteiger partial charge in [0.05, 0.1) is 0 Å². The van der Waals surface area contributed by atoms with Crippen LogP contribution in [0.15, 0.2) is 0 Å². The second-order valence-electron chi connectivity index (χ2n) is 2.51. The first-order chi connectivity index (χ1) is 4.88. The molecular formula is C7H14ClNS. The second kappa shape index (κ2) is 4.47. The Morgan fingerprint density at radius 3 is 3.00 bits per heavy atom. The minimum atomic E-state index is 0.630. The third-order valence-electron chi connectivity index (χ3n) is 1.93. The second-order valence-corrected chi connectivity index (χ2v) is 3.97. The molecule has 1 aliphatic rings. The minimum absolute atomic E-state index is 0.630. The summed E-state index contributed by atoms with van der Waals surface area (Å²) < 4.78 is 0. The largest absolute Gasteiger partial charge is 0.298 e. The van der Waals surface area contributed by atoms with Gasteiger partial charge >= 0.3 is 0 Å². The summed E-state index contributed by atoms with van der Waals surface area (Å²) in [5.41, 5.74) is 0. The lowest BCUT2D eigenvalue weighted by Gasteiger charge is -2.32. The van der Waals surface area contributed by atoms with E-state index in [1.54, 1.807) is 0 Å². The molecule has 0 N–H and O–H groups in total. The molecule has 1 fully saturated rings. The van der Waals surface area contributed by atoms with Crippen LogP contribution in [-0.4, -0.2) is 41.4 Å².